The third kappa shape index (κ3) is 10.3. The van der Waals surface area contributed by atoms with Crippen molar-refractivity contribution in [3.8, 4) is 5.75 Å². The maximum Gasteiger partial charge on any atom is 0.389 e. The molecular formula is C28H41F3N4O5. The van der Waals surface area contributed by atoms with Crippen LogP contribution in [0.4, 0.5) is 19.0 Å². The summed E-state index contributed by atoms with van der Waals surface area (Å²) in [5.41, 5.74) is -1.76. The quantitative estimate of drug-likeness (QED) is 0.231. The normalized spacial score (nSPS) is 13.2. The van der Waals surface area contributed by atoms with Crippen LogP contribution in [0, 0.1) is 0 Å². The van der Waals surface area contributed by atoms with Gasteiger partial charge in [-0.25, -0.2) is 14.3 Å². The van der Waals surface area contributed by atoms with Crippen LogP contribution in [0.25, 0.3) is 0 Å². The van der Waals surface area contributed by atoms with E-state index in [4.69, 9.17) is 4.74 Å². The average Bonchev–Trinajstić information content (AvgIpc) is 2.88. The zero-order valence-electron chi connectivity index (χ0n) is 23.6. The third-order valence-electron chi connectivity index (χ3n) is 6.59. The monoisotopic (exact) mass is 570 g/mol. The fraction of sp³-hybridized carbons (Fsp3) is 0.643. The van der Waals surface area contributed by atoms with Crippen molar-refractivity contribution >= 4 is 11.8 Å². The molecule has 0 spiro atoms. The van der Waals surface area contributed by atoms with Gasteiger partial charge in [-0.3, -0.25) is 9.36 Å². The van der Waals surface area contributed by atoms with Gasteiger partial charge in [0.1, 0.15) is 5.75 Å². The highest BCUT2D eigenvalue weighted by molar-refractivity contribution is 5.77. The molecule has 0 fully saturated rings. The molecule has 1 unspecified atom stereocenters. The Balaban J connectivity index is 2.11. The van der Waals surface area contributed by atoms with Crippen LogP contribution in [0.3, 0.4) is 0 Å². The number of alkyl halides is 3. The summed E-state index contributed by atoms with van der Waals surface area (Å²) in [5, 5.41) is 16.5. The molecule has 0 aliphatic rings. The van der Waals surface area contributed by atoms with Crippen molar-refractivity contribution in [3.63, 3.8) is 0 Å². The van der Waals surface area contributed by atoms with Crippen molar-refractivity contribution in [2.45, 2.75) is 110 Å². The van der Waals surface area contributed by atoms with E-state index < -0.39 is 35.4 Å². The molecule has 1 aromatic heterocycles. The van der Waals surface area contributed by atoms with Crippen molar-refractivity contribution in [3.05, 3.63) is 50.7 Å². The van der Waals surface area contributed by atoms with Crippen molar-refractivity contribution in [2.24, 2.45) is 0 Å². The van der Waals surface area contributed by atoms with E-state index in [0.717, 1.165) is 40.5 Å². The molecule has 1 aromatic carbocycles. The minimum atomic E-state index is -4.35. The molecule has 224 valence electrons. The van der Waals surface area contributed by atoms with Gasteiger partial charge in [-0.05, 0) is 50.3 Å². The molecule has 12 heteroatoms. The number of benzene rings is 1. The van der Waals surface area contributed by atoms with Gasteiger partial charge in [-0.1, -0.05) is 58.1 Å². The third-order valence-corrected chi connectivity index (χ3v) is 6.59. The van der Waals surface area contributed by atoms with Crippen LogP contribution >= 0.6 is 0 Å². The fourth-order valence-electron chi connectivity index (χ4n) is 4.31. The summed E-state index contributed by atoms with van der Waals surface area (Å²) in [5.74, 6) is -0.706. The van der Waals surface area contributed by atoms with Gasteiger partial charge in [-0.15, -0.1) is 5.10 Å². The van der Waals surface area contributed by atoms with Gasteiger partial charge in [0.2, 0.25) is 11.4 Å². The Hall–Kier alpha value is -3.31. The fourth-order valence-corrected chi connectivity index (χ4v) is 4.31. The largest absolute Gasteiger partial charge is 0.478 e. The van der Waals surface area contributed by atoms with Crippen molar-refractivity contribution in [2.75, 3.05) is 11.9 Å². The molecule has 1 heterocycles. The topological polar surface area (TPSA) is 115 Å². The van der Waals surface area contributed by atoms with Gasteiger partial charge in [0.25, 0.3) is 5.56 Å². The summed E-state index contributed by atoms with van der Waals surface area (Å²) in [6.07, 6.45) is 0.263. The van der Waals surface area contributed by atoms with Gasteiger partial charge >= 0.3 is 17.8 Å². The highest BCUT2D eigenvalue weighted by Gasteiger charge is 2.34. The molecule has 0 aliphatic heterocycles. The number of nitrogens with zero attached hydrogens (tertiary/aromatic N) is 3. The van der Waals surface area contributed by atoms with Crippen LogP contribution in [0.1, 0.15) is 84.1 Å². The number of aryl methyl sites for hydroxylation is 1. The van der Waals surface area contributed by atoms with Crippen LogP contribution in [0.15, 0.2) is 33.9 Å². The molecule has 9 nitrogen and oxygen atoms in total. The van der Waals surface area contributed by atoms with E-state index in [1.165, 1.54) is 6.92 Å². The highest BCUT2D eigenvalue weighted by Crippen LogP contribution is 2.24. The number of carboxylic acids is 1. The molecule has 2 aromatic rings. The van der Waals surface area contributed by atoms with Crippen molar-refractivity contribution < 1.29 is 27.8 Å². The number of ether oxygens (including phenoxy) is 1. The number of unbranched alkanes of at least 4 members (excludes halogenated alkanes) is 4. The first-order valence-corrected chi connectivity index (χ1v) is 13.9. The zero-order valence-corrected chi connectivity index (χ0v) is 23.6. The SMILES string of the molecule is CCCCCCCn1c(=O)c(NCCc2ccc(OC(C)(CCC)C(=O)O)cc2)nn(CCCC(F)(F)F)c1=O. The molecule has 1 atom stereocenters. The van der Waals surface area contributed by atoms with Gasteiger partial charge in [0.15, 0.2) is 0 Å². The minimum Gasteiger partial charge on any atom is -0.478 e. The molecule has 0 aliphatic carbocycles. The predicted molar refractivity (Wildman–Crippen MR) is 147 cm³/mol. The average molecular weight is 571 g/mol. The van der Waals surface area contributed by atoms with E-state index in [2.05, 4.69) is 17.3 Å². The number of anilines is 1. The Bertz CT molecular complexity index is 1190. The summed E-state index contributed by atoms with van der Waals surface area (Å²) in [7, 11) is 0. The smallest absolute Gasteiger partial charge is 0.389 e. The molecule has 0 radical (unpaired) electrons. The maximum absolute atomic E-state index is 13.0. The second-order valence-electron chi connectivity index (χ2n) is 10.2. The number of nitrogens with one attached hydrogen (secondary N) is 1. The standard InChI is InChI=1S/C28H41F3N4O5/c1-4-6-7-8-9-19-34-24(36)23(33-35(26(34)39)20-10-17-28(29,30)31)32-18-15-21-11-13-22(14-12-21)40-27(3,16-5-2)25(37)38/h11-14H,4-10,15-20H2,1-3H3,(H,32,33)(H,37,38). The molecule has 2 rings (SSSR count). The first-order valence-electron chi connectivity index (χ1n) is 13.9. The van der Waals surface area contributed by atoms with Gasteiger partial charge in [0.05, 0.1) is 0 Å². The van der Waals surface area contributed by atoms with Crippen LogP contribution in [-0.2, 0) is 24.3 Å². The minimum absolute atomic E-state index is 0.0862. The summed E-state index contributed by atoms with van der Waals surface area (Å²) in [4.78, 5) is 37.5. The summed E-state index contributed by atoms with van der Waals surface area (Å²) < 4.78 is 45.6. The number of hydrogen-bond acceptors (Lipinski definition) is 6. The molecule has 0 amide bonds. The second-order valence-corrected chi connectivity index (χ2v) is 10.2. The molecule has 0 saturated carbocycles. The Kier molecular flexibility index (Phi) is 12.7. The Labute approximate surface area is 232 Å². The van der Waals surface area contributed by atoms with E-state index in [1.807, 2.05) is 6.92 Å². The number of carboxylic acid groups (broad SMARTS) is 1. The van der Waals surface area contributed by atoms with E-state index in [1.54, 1.807) is 24.3 Å². The number of halogens is 3. The van der Waals surface area contributed by atoms with Gasteiger partial charge in [0, 0.05) is 26.1 Å². The van der Waals surface area contributed by atoms with Crippen LogP contribution < -0.4 is 21.3 Å². The van der Waals surface area contributed by atoms with E-state index >= 15 is 0 Å². The van der Waals surface area contributed by atoms with E-state index in [0.29, 0.717) is 31.4 Å². The second kappa shape index (κ2) is 15.5. The Morgan fingerprint density at radius 2 is 1.65 bits per heavy atom. The van der Waals surface area contributed by atoms with E-state index in [-0.39, 0.29) is 31.9 Å². The summed E-state index contributed by atoms with van der Waals surface area (Å²) >= 11 is 0. The predicted octanol–water partition coefficient (Wildman–Crippen LogP) is 5.39. The lowest BCUT2D eigenvalue weighted by atomic mass is 10.0. The van der Waals surface area contributed by atoms with Crippen molar-refractivity contribution in [1.82, 2.24) is 14.3 Å². The Morgan fingerprint density at radius 1 is 0.975 bits per heavy atom. The lowest BCUT2D eigenvalue weighted by Crippen LogP contribution is -2.43. The van der Waals surface area contributed by atoms with Crippen molar-refractivity contribution in [1.29, 1.82) is 0 Å². The highest BCUT2D eigenvalue weighted by atomic mass is 19.4. The zero-order chi connectivity index (χ0) is 29.8. The summed E-state index contributed by atoms with van der Waals surface area (Å²) in [6, 6.07) is 6.92. The lowest BCUT2D eigenvalue weighted by molar-refractivity contribution is -0.154. The van der Waals surface area contributed by atoms with E-state index in [9.17, 15) is 32.7 Å². The van der Waals surface area contributed by atoms with Gasteiger partial charge < -0.3 is 15.2 Å². The van der Waals surface area contributed by atoms with Crippen LogP contribution in [0.5, 0.6) is 5.75 Å². The molecular weight excluding hydrogens is 529 g/mol. The molecule has 2 N–H and O–H groups in total. The number of hydrogen-bond donors (Lipinski definition) is 2. The van der Waals surface area contributed by atoms with Crippen LogP contribution in [-0.4, -0.2) is 43.7 Å². The summed E-state index contributed by atoms with van der Waals surface area (Å²) in [6.45, 7) is 5.69. The first-order chi connectivity index (χ1) is 18.9. The Morgan fingerprint density at radius 3 is 2.25 bits per heavy atom. The number of aromatic nitrogens is 3. The lowest BCUT2D eigenvalue weighted by Gasteiger charge is -2.26. The maximum atomic E-state index is 13.0. The molecule has 0 saturated heterocycles. The number of aliphatic carboxylic acids is 1. The molecule has 40 heavy (non-hydrogen) atoms. The first kappa shape index (κ1) is 32.9. The van der Waals surface area contributed by atoms with Gasteiger partial charge in [-0.2, -0.15) is 13.2 Å². The number of rotatable bonds is 18. The van der Waals surface area contributed by atoms with Crippen LogP contribution in [0.2, 0.25) is 0 Å². The number of carbonyl (C=O) groups is 1. The molecule has 0 bridgehead atoms.